The van der Waals surface area contributed by atoms with Gasteiger partial charge in [-0.1, -0.05) is 48.5 Å². The summed E-state index contributed by atoms with van der Waals surface area (Å²) in [5.74, 6) is -0.597. The van der Waals surface area contributed by atoms with Crippen molar-refractivity contribution in [3.63, 3.8) is 0 Å². The van der Waals surface area contributed by atoms with Gasteiger partial charge in [0.05, 0.1) is 0 Å². The minimum Gasteiger partial charge on any atom is -0.370 e. The Bertz CT molecular complexity index is 561. The average molecular weight is 239 g/mol. The lowest BCUT2D eigenvalue weighted by atomic mass is 9.97. The average Bonchev–Trinajstić information content (AvgIpc) is 2.73. The predicted molar refractivity (Wildman–Crippen MR) is 68.9 cm³/mol. The molecule has 0 heterocycles. The molecule has 0 radical (unpaired) electrons. The third kappa shape index (κ3) is 1.52. The molecule has 0 bridgehead atoms. The van der Waals surface area contributed by atoms with E-state index < -0.39 is 0 Å². The van der Waals surface area contributed by atoms with Gasteiger partial charge in [-0.15, -0.1) is 0 Å². The zero-order valence-electron chi connectivity index (χ0n) is 10.0. The van der Waals surface area contributed by atoms with E-state index in [9.17, 15) is 4.79 Å². The molecule has 1 aliphatic carbocycles. The van der Waals surface area contributed by atoms with Crippen molar-refractivity contribution in [2.24, 2.45) is 0 Å². The zero-order chi connectivity index (χ0) is 12.5. The molecule has 2 aromatic carbocycles. The molecule has 0 unspecified atom stereocenters. The van der Waals surface area contributed by atoms with Gasteiger partial charge in [-0.25, -0.2) is 4.79 Å². The Morgan fingerprint density at radius 3 is 2.00 bits per heavy atom. The van der Waals surface area contributed by atoms with E-state index in [4.69, 9.17) is 4.84 Å². The van der Waals surface area contributed by atoms with Gasteiger partial charge in [-0.2, -0.15) is 5.48 Å². The van der Waals surface area contributed by atoms with E-state index in [1.807, 2.05) is 48.5 Å². The van der Waals surface area contributed by atoms with Crippen LogP contribution in [0.5, 0.6) is 0 Å². The molecule has 18 heavy (non-hydrogen) atoms. The number of benzene rings is 2. The monoisotopic (exact) mass is 239 g/mol. The summed E-state index contributed by atoms with van der Waals surface area (Å²) in [6, 6.07) is 15.9. The van der Waals surface area contributed by atoms with Gasteiger partial charge in [0, 0.05) is 7.05 Å². The molecule has 0 saturated carbocycles. The van der Waals surface area contributed by atoms with Crippen molar-refractivity contribution >= 4 is 5.97 Å². The number of hydroxylamine groups is 1. The van der Waals surface area contributed by atoms with Crippen molar-refractivity contribution in [1.82, 2.24) is 5.48 Å². The topological polar surface area (TPSA) is 38.3 Å². The Kier molecular flexibility index (Phi) is 2.61. The van der Waals surface area contributed by atoms with Crippen molar-refractivity contribution < 1.29 is 9.63 Å². The molecule has 3 nitrogen and oxygen atoms in total. The van der Waals surface area contributed by atoms with Crippen molar-refractivity contribution in [3.8, 4) is 11.1 Å². The minimum absolute atomic E-state index is 0.269. The molecule has 0 aromatic heterocycles. The Hall–Kier alpha value is -2.13. The van der Waals surface area contributed by atoms with E-state index in [-0.39, 0.29) is 11.9 Å². The largest absolute Gasteiger partial charge is 0.370 e. The molecule has 0 atom stereocenters. The summed E-state index contributed by atoms with van der Waals surface area (Å²) in [5, 5.41) is 0. The van der Waals surface area contributed by atoms with Crippen molar-refractivity contribution in [2.75, 3.05) is 7.05 Å². The third-order valence-electron chi connectivity index (χ3n) is 3.27. The van der Waals surface area contributed by atoms with Crippen LogP contribution in [0, 0.1) is 0 Å². The maximum absolute atomic E-state index is 12.1. The number of rotatable bonds is 2. The van der Waals surface area contributed by atoms with Crippen molar-refractivity contribution in [1.29, 1.82) is 0 Å². The van der Waals surface area contributed by atoms with Gasteiger partial charge in [0.15, 0.2) is 0 Å². The molecule has 3 rings (SSSR count). The van der Waals surface area contributed by atoms with Crippen LogP contribution in [-0.2, 0) is 9.63 Å². The first-order valence-electron chi connectivity index (χ1n) is 5.88. The molecule has 0 spiro atoms. The number of carbonyl (C=O) groups excluding carboxylic acids is 1. The number of carbonyl (C=O) groups is 1. The number of nitrogens with one attached hydrogen (secondary N) is 1. The zero-order valence-corrected chi connectivity index (χ0v) is 10.0. The highest BCUT2D eigenvalue weighted by atomic mass is 16.7. The lowest BCUT2D eigenvalue weighted by Crippen LogP contribution is -2.21. The molecule has 3 heteroatoms. The summed E-state index contributed by atoms with van der Waals surface area (Å²) < 4.78 is 0. The molecule has 1 aliphatic rings. The van der Waals surface area contributed by atoms with Gasteiger partial charge < -0.3 is 4.84 Å². The Morgan fingerprint density at radius 2 is 1.50 bits per heavy atom. The summed E-state index contributed by atoms with van der Waals surface area (Å²) in [5.41, 5.74) is 6.72. The summed E-state index contributed by atoms with van der Waals surface area (Å²) in [4.78, 5) is 17.0. The fraction of sp³-hybridized carbons (Fsp3) is 0.133. The van der Waals surface area contributed by atoms with Crippen LogP contribution in [0.2, 0.25) is 0 Å². The molecule has 90 valence electrons. The van der Waals surface area contributed by atoms with Gasteiger partial charge in [0.1, 0.15) is 5.92 Å². The second kappa shape index (κ2) is 4.27. The van der Waals surface area contributed by atoms with E-state index >= 15 is 0 Å². The van der Waals surface area contributed by atoms with Crippen LogP contribution in [0.25, 0.3) is 11.1 Å². The Labute approximate surface area is 105 Å². The molecular weight excluding hydrogens is 226 g/mol. The van der Waals surface area contributed by atoms with Crippen molar-refractivity contribution in [2.45, 2.75) is 5.92 Å². The third-order valence-corrected chi connectivity index (χ3v) is 3.27. The molecule has 0 fully saturated rings. The maximum Gasteiger partial charge on any atom is 0.336 e. The smallest absolute Gasteiger partial charge is 0.336 e. The SMILES string of the molecule is CNOC(=O)C1c2ccccc2-c2ccccc21. The van der Waals surface area contributed by atoms with Crippen LogP contribution in [0.3, 0.4) is 0 Å². The van der Waals surface area contributed by atoms with Gasteiger partial charge in [-0.05, 0) is 22.3 Å². The number of fused-ring (bicyclic) bond motifs is 3. The van der Waals surface area contributed by atoms with Crippen LogP contribution in [-0.4, -0.2) is 13.0 Å². The van der Waals surface area contributed by atoms with E-state index in [2.05, 4.69) is 5.48 Å². The Balaban J connectivity index is 2.18. The minimum atomic E-state index is -0.329. The van der Waals surface area contributed by atoms with Gasteiger partial charge in [-0.3, -0.25) is 0 Å². The molecule has 0 amide bonds. The highest BCUT2D eigenvalue weighted by molar-refractivity contribution is 5.93. The highest BCUT2D eigenvalue weighted by Gasteiger charge is 2.34. The summed E-state index contributed by atoms with van der Waals surface area (Å²) in [7, 11) is 1.59. The Morgan fingerprint density at radius 1 is 1.00 bits per heavy atom. The molecule has 0 aliphatic heterocycles. The maximum atomic E-state index is 12.1. The predicted octanol–water partition coefficient (Wildman–Crippen LogP) is 2.48. The lowest BCUT2D eigenvalue weighted by molar-refractivity contribution is -0.150. The molecule has 1 N–H and O–H groups in total. The fourth-order valence-electron chi connectivity index (χ4n) is 2.57. The fourth-order valence-corrected chi connectivity index (χ4v) is 2.57. The quantitative estimate of drug-likeness (QED) is 0.818. The molecule has 0 saturated heterocycles. The van der Waals surface area contributed by atoms with E-state index in [1.54, 1.807) is 7.05 Å². The van der Waals surface area contributed by atoms with Crippen LogP contribution in [0.15, 0.2) is 48.5 Å². The number of hydrogen-bond donors (Lipinski definition) is 1. The highest BCUT2D eigenvalue weighted by Crippen LogP contribution is 2.44. The first-order chi connectivity index (χ1) is 8.83. The van der Waals surface area contributed by atoms with E-state index in [0.29, 0.717) is 0 Å². The second-order valence-corrected chi connectivity index (χ2v) is 4.23. The van der Waals surface area contributed by atoms with Crippen LogP contribution in [0.1, 0.15) is 17.0 Å². The summed E-state index contributed by atoms with van der Waals surface area (Å²) in [6.45, 7) is 0. The number of hydrogen-bond acceptors (Lipinski definition) is 3. The van der Waals surface area contributed by atoms with Gasteiger partial charge in [0.2, 0.25) is 0 Å². The van der Waals surface area contributed by atoms with Gasteiger partial charge in [0.25, 0.3) is 0 Å². The van der Waals surface area contributed by atoms with E-state index in [1.165, 1.54) is 0 Å². The van der Waals surface area contributed by atoms with Crippen LogP contribution in [0.4, 0.5) is 0 Å². The van der Waals surface area contributed by atoms with Gasteiger partial charge >= 0.3 is 5.97 Å². The summed E-state index contributed by atoms with van der Waals surface area (Å²) >= 11 is 0. The standard InChI is InChI=1S/C15H13NO2/c1-16-18-15(17)14-12-8-4-2-6-10(12)11-7-3-5-9-13(11)14/h2-9,14,16H,1H3. The first kappa shape index (κ1) is 11.0. The summed E-state index contributed by atoms with van der Waals surface area (Å²) in [6.07, 6.45) is 0. The van der Waals surface area contributed by atoms with Crippen LogP contribution < -0.4 is 5.48 Å². The first-order valence-corrected chi connectivity index (χ1v) is 5.88. The van der Waals surface area contributed by atoms with E-state index in [0.717, 1.165) is 22.3 Å². The normalized spacial score (nSPS) is 12.9. The molecular formula is C15H13NO2. The lowest BCUT2D eigenvalue weighted by Gasteiger charge is -2.11. The second-order valence-electron chi connectivity index (χ2n) is 4.23. The molecule has 2 aromatic rings. The van der Waals surface area contributed by atoms with Crippen LogP contribution >= 0.6 is 0 Å². The van der Waals surface area contributed by atoms with Crippen molar-refractivity contribution in [3.05, 3.63) is 59.7 Å².